The number of thiocarbonyl (C=S) groups is 1. The standard InChI is InChI=1S/C25H30N4O3S2/c1-3-28-20-9-5-4-8-18(20)22(27-12-10-26(2)11-13-27)19(23(28)30)15-21-24(31)29(25(33)34-21)16-17-7-6-14-32-17/h4-5,8-9,15,17H,3,6-7,10-14,16H2,1-2H3. The number of nitrogens with zero attached hydrogens (tertiary/aromatic N) is 4. The van der Waals surface area contributed by atoms with Gasteiger partial charge in [0.25, 0.3) is 11.5 Å². The Balaban J connectivity index is 1.61. The van der Waals surface area contributed by atoms with Crippen LogP contribution < -0.4 is 10.5 Å². The zero-order valence-electron chi connectivity index (χ0n) is 19.7. The van der Waals surface area contributed by atoms with Crippen molar-refractivity contribution >= 4 is 56.9 Å². The Hall–Kier alpha value is -2.20. The molecule has 1 unspecified atom stereocenters. The summed E-state index contributed by atoms with van der Waals surface area (Å²) < 4.78 is 8.05. The van der Waals surface area contributed by atoms with Crippen molar-refractivity contribution in [1.29, 1.82) is 0 Å². The number of amides is 1. The molecule has 3 aliphatic rings. The van der Waals surface area contributed by atoms with Crippen LogP contribution in [0.5, 0.6) is 0 Å². The van der Waals surface area contributed by atoms with Gasteiger partial charge in [0, 0.05) is 44.7 Å². The lowest BCUT2D eigenvalue weighted by Gasteiger charge is -2.35. The Morgan fingerprint density at radius 1 is 1.18 bits per heavy atom. The number of piperazine rings is 1. The van der Waals surface area contributed by atoms with E-state index in [4.69, 9.17) is 17.0 Å². The van der Waals surface area contributed by atoms with Gasteiger partial charge in [0.2, 0.25) is 0 Å². The van der Waals surface area contributed by atoms with Gasteiger partial charge in [-0.2, -0.15) is 0 Å². The largest absolute Gasteiger partial charge is 0.376 e. The van der Waals surface area contributed by atoms with Crippen molar-refractivity contribution in [2.45, 2.75) is 32.4 Å². The summed E-state index contributed by atoms with van der Waals surface area (Å²) in [4.78, 5) is 33.8. The third kappa shape index (κ3) is 4.30. The molecule has 34 heavy (non-hydrogen) atoms. The predicted octanol–water partition coefficient (Wildman–Crippen LogP) is 3.15. The van der Waals surface area contributed by atoms with Crippen LogP contribution in [0.1, 0.15) is 25.3 Å². The summed E-state index contributed by atoms with van der Waals surface area (Å²) in [5, 5.41) is 1.04. The average molecular weight is 499 g/mol. The maximum Gasteiger partial charge on any atom is 0.266 e. The monoisotopic (exact) mass is 498 g/mol. The molecule has 7 nitrogen and oxygen atoms in total. The number of likely N-dealkylation sites (N-methyl/N-ethyl adjacent to an activating group) is 1. The molecule has 4 heterocycles. The van der Waals surface area contributed by atoms with E-state index in [1.807, 2.05) is 25.1 Å². The van der Waals surface area contributed by atoms with Crippen molar-refractivity contribution in [3.8, 4) is 0 Å². The summed E-state index contributed by atoms with van der Waals surface area (Å²) in [5.74, 6) is -0.134. The Morgan fingerprint density at radius 2 is 1.94 bits per heavy atom. The van der Waals surface area contributed by atoms with Crippen molar-refractivity contribution in [3.63, 3.8) is 0 Å². The number of carbonyl (C=O) groups excluding carboxylic acids is 1. The number of anilines is 1. The minimum atomic E-state index is -0.134. The van der Waals surface area contributed by atoms with Crippen LogP contribution in [0.2, 0.25) is 0 Å². The molecule has 5 rings (SSSR count). The molecule has 0 N–H and O–H groups in total. The lowest BCUT2D eigenvalue weighted by molar-refractivity contribution is -0.123. The molecule has 1 amide bonds. The molecule has 3 saturated heterocycles. The van der Waals surface area contributed by atoms with Gasteiger partial charge in [-0.3, -0.25) is 14.5 Å². The summed E-state index contributed by atoms with van der Waals surface area (Å²) >= 11 is 6.83. The first kappa shape index (κ1) is 23.5. The molecule has 0 bridgehead atoms. The van der Waals surface area contributed by atoms with E-state index in [0.717, 1.165) is 62.2 Å². The number of aryl methyl sites for hydroxylation is 1. The Bertz CT molecular complexity index is 1210. The van der Waals surface area contributed by atoms with Crippen LogP contribution in [0, 0.1) is 0 Å². The van der Waals surface area contributed by atoms with Crippen LogP contribution >= 0.6 is 24.0 Å². The maximum absolute atomic E-state index is 13.8. The minimum Gasteiger partial charge on any atom is -0.376 e. The van der Waals surface area contributed by atoms with Crippen molar-refractivity contribution < 1.29 is 9.53 Å². The number of rotatable bonds is 5. The number of thioether (sulfide) groups is 1. The highest BCUT2D eigenvalue weighted by atomic mass is 32.2. The molecule has 180 valence electrons. The third-order valence-electron chi connectivity index (χ3n) is 6.88. The molecule has 9 heteroatoms. The molecule has 1 aromatic carbocycles. The van der Waals surface area contributed by atoms with Gasteiger partial charge < -0.3 is 19.1 Å². The fraction of sp³-hybridized carbons (Fsp3) is 0.480. The first-order valence-corrected chi connectivity index (χ1v) is 13.2. The van der Waals surface area contributed by atoms with E-state index < -0.39 is 0 Å². The molecule has 1 atom stereocenters. The maximum atomic E-state index is 13.8. The van der Waals surface area contributed by atoms with Gasteiger partial charge in [-0.25, -0.2) is 0 Å². The van der Waals surface area contributed by atoms with Crippen LogP contribution in [0.25, 0.3) is 17.0 Å². The SMILES string of the molecule is CCn1c(=O)c(C=C2SC(=S)N(CC3CCCO3)C2=O)c(N2CCN(C)CC2)c2ccccc21. The second kappa shape index (κ2) is 9.81. The predicted molar refractivity (Wildman–Crippen MR) is 142 cm³/mol. The number of aromatic nitrogens is 1. The fourth-order valence-electron chi connectivity index (χ4n) is 5.01. The highest BCUT2D eigenvalue weighted by Gasteiger charge is 2.35. The topological polar surface area (TPSA) is 58.0 Å². The van der Waals surface area contributed by atoms with Crippen LogP contribution in [-0.2, 0) is 16.1 Å². The Morgan fingerprint density at radius 3 is 2.65 bits per heavy atom. The number of pyridine rings is 1. The van der Waals surface area contributed by atoms with E-state index in [9.17, 15) is 9.59 Å². The molecular formula is C25H30N4O3S2. The third-order valence-corrected chi connectivity index (χ3v) is 8.25. The van der Waals surface area contributed by atoms with Crippen LogP contribution in [0.15, 0.2) is 34.0 Å². The van der Waals surface area contributed by atoms with E-state index in [1.165, 1.54) is 11.8 Å². The normalized spacial score (nSPS) is 23.1. The van der Waals surface area contributed by atoms with E-state index in [-0.39, 0.29) is 17.6 Å². The number of carbonyl (C=O) groups is 1. The van der Waals surface area contributed by atoms with Crippen LogP contribution in [-0.4, -0.2) is 77.1 Å². The molecule has 0 saturated carbocycles. The molecule has 0 spiro atoms. The van der Waals surface area contributed by atoms with Crippen LogP contribution in [0.3, 0.4) is 0 Å². The van der Waals surface area contributed by atoms with Gasteiger partial charge in [-0.05, 0) is 39.0 Å². The van der Waals surface area contributed by atoms with Crippen molar-refractivity contribution in [2.75, 3.05) is 51.3 Å². The number of hydrogen-bond donors (Lipinski definition) is 0. The summed E-state index contributed by atoms with van der Waals surface area (Å²) in [6.07, 6.45) is 3.76. The van der Waals surface area contributed by atoms with E-state index in [2.05, 4.69) is 22.9 Å². The van der Waals surface area contributed by atoms with E-state index >= 15 is 0 Å². The second-order valence-electron chi connectivity index (χ2n) is 9.05. The number of para-hydroxylation sites is 1. The summed E-state index contributed by atoms with van der Waals surface area (Å²) in [6.45, 7) is 7.26. The van der Waals surface area contributed by atoms with Gasteiger partial charge in [0.05, 0.1) is 34.3 Å². The zero-order chi connectivity index (χ0) is 23.8. The molecule has 0 radical (unpaired) electrons. The number of ether oxygens (including phenoxy) is 1. The first-order chi connectivity index (χ1) is 16.5. The average Bonchev–Trinajstić information content (AvgIpc) is 3.44. The molecule has 3 aliphatic heterocycles. The highest BCUT2D eigenvalue weighted by molar-refractivity contribution is 8.26. The smallest absolute Gasteiger partial charge is 0.266 e. The molecule has 2 aromatic rings. The Kier molecular flexibility index (Phi) is 6.79. The van der Waals surface area contributed by atoms with Gasteiger partial charge >= 0.3 is 0 Å². The number of benzene rings is 1. The van der Waals surface area contributed by atoms with Crippen LogP contribution in [0.4, 0.5) is 5.69 Å². The number of fused-ring (bicyclic) bond motifs is 1. The second-order valence-corrected chi connectivity index (χ2v) is 10.7. The van der Waals surface area contributed by atoms with Crippen molar-refractivity contribution in [1.82, 2.24) is 14.4 Å². The molecule has 1 aromatic heterocycles. The van der Waals surface area contributed by atoms with Gasteiger partial charge in [-0.1, -0.05) is 42.2 Å². The van der Waals surface area contributed by atoms with Gasteiger partial charge in [0.1, 0.15) is 4.32 Å². The highest BCUT2D eigenvalue weighted by Crippen LogP contribution is 2.37. The van der Waals surface area contributed by atoms with E-state index in [0.29, 0.717) is 27.9 Å². The first-order valence-electron chi connectivity index (χ1n) is 11.9. The lowest BCUT2D eigenvalue weighted by Crippen LogP contribution is -2.45. The molecule has 0 aliphatic carbocycles. The van der Waals surface area contributed by atoms with Crippen molar-refractivity contribution in [3.05, 3.63) is 45.1 Å². The Labute approximate surface area is 209 Å². The molecule has 3 fully saturated rings. The summed E-state index contributed by atoms with van der Waals surface area (Å²) in [7, 11) is 2.12. The number of hydrogen-bond acceptors (Lipinski definition) is 7. The fourth-order valence-corrected chi connectivity index (χ4v) is 6.26. The van der Waals surface area contributed by atoms with Crippen molar-refractivity contribution in [2.24, 2.45) is 0 Å². The van der Waals surface area contributed by atoms with E-state index in [1.54, 1.807) is 15.5 Å². The molecular weight excluding hydrogens is 468 g/mol. The summed E-state index contributed by atoms with van der Waals surface area (Å²) in [6, 6.07) is 8.06. The van der Waals surface area contributed by atoms with Gasteiger partial charge in [0.15, 0.2) is 0 Å². The quantitative estimate of drug-likeness (QED) is 0.464. The minimum absolute atomic E-state index is 0.0285. The zero-order valence-corrected chi connectivity index (χ0v) is 21.3. The lowest BCUT2D eigenvalue weighted by atomic mass is 10.0. The summed E-state index contributed by atoms with van der Waals surface area (Å²) in [5.41, 5.74) is 2.34. The van der Waals surface area contributed by atoms with Gasteiger partial charge in [-0.15, -0.1) is 0 Å².